The van der Waals surface area contributed by atoms with Crippen LogP contribution in [-0.4, -0.2) is 17.7 Å². The molecular weight excluding hydrogens is 264 g/mol. The minimum absolute atomic E-state index is 0.249. The summed E-state index contributed by atoms with van der Waals surface area (Å²) in [6.07, 6.45) is 7.69. The molecule has 21 heavy (non-hydrogen) atoms. The Bertz CT molecular complexity index is 483. The molecule has 1 aromatic rings. The van der Waals surface area contributed by atoms with Crippen LogP contribution in [0.15, 0.2) is 24.3 Å². The van der Waals surface area contributed by atoms with E-state index in [1.807, 2.05) is 0 Å². The molecule has 3 heteroatoms. The SMILES string of the molecule is CCCCCCC#CCCCOc1cccc(C(=O)O)c1. The molecule has 0 aliphatic carbocycles. The summed E-state index contributed by atoms with van der Waals surface area (Å²) in [7, 11) is 0. The summed E-state index contributed by atoms with van der Waals surface area (Å²) >= 11 is 0. The summed E-state index contributed by atoms with van der Waals surface area (Å²) in [6.45, 7) is 2.77. The molecular formula is C18H24O3. The van der Waals surface area contributed by atoms with Crippen molar-refractivity contribution in [2.24, 2.45) is 0 Å². The predicted octanol–water partition coefficient (Wildman–Crippen LogP) is 4.52. The van der Waals surface area contributed by atoms with Crippen molar-refractivity contribution in [3.8, 4) is 17.6 Å². The molecule has 3 nitrogen and oxygen atoms in total. The molecule has 0 aliphatic rings. The Labute approximate surface area is 127 Å². The highest BCUT2D eigenvalue weighted by Gasteiger charge is 2.03. The number of aromatic carboxylic acids is 1. The monoisotopic (exact) mass is 288 g/mol. The third kappa shape index (κ3) is 8.04. The van der Waals surface area contributed by atoms with Crippen LogP contribution in [0.2, 0.25) is 0 Å². The molecule has 0 aliphatic heterocycles. The lowest BCUT2D eigenvalue weighted by molar-refractivity contribution is 0.0696. The van der Waals surface area contributed by atoms with Gasteiger partial charge in [0.25, 0.3) is 0 Å². The van der Waals surface area contributed by atoms with Crippen molar-refractivity contribution in [1.29, 1.82) is 0 Å². The Balaban J connectivity index is 2.13. The number of unbranched alkanes of at least 4 members (excludes halogenated alkanes) is 5. The molecule has 0 bridgehead atoms. The minimum atomic E-state index is -0.936. The van der Waals surface area contributed by atoms with Crippen molar-refractivity contribution in [1.82, 2.24) is 0 Å². The van der Waals surface area contributed by atoms with Crippen molar-refractivity contribution in [3.63, 3.8) is 0 Å². The maximum atomic E-state index is 10.8. The average Bonchev–Trinajstić information content (AvgIpc) is 2.49. The smallest absolute Gasteiger partial charge is 0.335 e. The molecule has 1 aromatic carbocycles. The molecule has 0 radical (unpaired) electrons. The number of ether oxygens (including phenoxy) is 1. The van der Waals surface area contributed by atoms with Gasteiger partial charge in [-0.25, -0.2) is 4.79 Å². The second-order valence-electron chi connectivity index (χ2n) is 4.95. The Kier molecular flexibility index (Phi) is 8.79. The molecule has 1 rings (SSSR count). The van der Waals surface area contributed by atoms with Gasteiger partial charge in [0.15, 0.2) is 0 Å². The second-order valence-corrected chi connectivity index (χ2v) is 4.95. The van der Waals surface area contributed by atoms with Crippen molar-refractivity contribution in [3.05, 3.63) is 29.8 Å². The Hall–Kier alpha value is -1.95. The van der Waals surface area contributed by atoms with E-state index >= 15 is 0 Å². The predicted molar refractivity (Wildman–Crippen MR) is 84.7 cm³/mol. The minimum Gasteiger partial charge on any atom is -0.494 e. The Morgan fingerprint density at radius 3 is 2.62 bits per heavy atom. The van der Waals surface area contributed by atoms with Gasteiger partial charge in [-0.05, 0) is 31.0 Å². The molecule has 0 amide bonds. The van der Waals surface area contributed by atoms with Crippen molar-refractivity contribution in [2.75, 3.05) is 6.61 Å². The van der Waals surface area contributed by atoms with E-state index in [1.54, 1.807) is 24.3 Å². The van der Waals surface area contributed by atoms with Gasteiger partial charge in [-0.1, -0.05) is 32.3 Å². The molecule has 0 saturated heterocycles. The fourth-order valence-electron chi connectivity index (χ4n) is 1.89. The van der Waals surface area contributed by atoms with Crippen LogP contribution in [0.25, 0.3) is 0 Å². The third-order valence-corrected chi connectivity index (χ3v) is 3.08. The van der Waals surface area contributed by atoms with Gasteiger partial charge in [-0.15, -0.1) is 11.8 Å². The van der Waals surface area contributed by atoms with E-state index in [-0.39, 0.29) is 5.56 Å². The van der Waals surface area contributed by atoms with Crippen LogP contribution in [0.4, 0.5) is 0 Å². The van der Waals surface area contributed by atoms with Gasteiger partial charge in [0.05, 0.1) is 12.2 Å². The van der Waals surface area contributed by atoms with E-state index in [0.29, 0.717) is 12.4 Å². The summed E-state index contributed by atoms with van der Waals surface area (Å²) in [4.78, 5) is 10.8. The van der Waals surface area contributed by atoms with Gasteiger partial charge in [-0.2, -0.15) is 0 Å². The second kappa shape index (κ2) is 10.8. The first-order valence-electron chi connectivity index (χ1n) is 7.66. The van der Waals surface area contributed by atoms with Crippen molar-refractivity contribution in [2.45, 2.75) is 51.9 Å². The van der Waals surface area contributed by atoms with Gasteiger partial charge in [0.1, 0.15) is 5.75 Å². The number of hydrogen-bond acceptors (Lipinski definition) is 2. The Morgan fingerprint density at radius 1 is 1.14 bits per heavy atom. The highest BCUT2D eigenvalue weighted by Crippen LogP contribution is 2.13. The molecule has 0 saturated carbocycles. The van der Waals surface area contributed by atoms with Crippen molar-refractivity contribution < 1.29 is 14.6 Å². The standard InChI is InChI=1S/C18H24O3/c1-2-3-4-5-6-7-8-9-10-14-21-17-13-11-12-16(15-17)18(19)20/h11-13,15H,2-6,9-10,14H2,1H3,(H,19,20). The zero-order valence-corrected chi connectivity index (χ0v) is 12.7. The average molecular weight is 288 g/mol. The fraction of sp³-hybridized carbons (Fsp3) is 0.500. The lowest BCUT2D eigenvalue weighted by Crippen LogP contribution is -2.00. The van der Waals surface area contributed by atoms with Gasteiger partial charge >= 0.3 is 5.97 Å². The van der Waals surface area contributed by atoms with Crippen LogP contribution in [0.3, 0.4) is 0 Å². The van der Waals surface area contributed by atoms with E-state index in [4.69, 9.17) is 9.84 Å². The van der Waals surface area contributed by atoms with E-state index in [0.717, 1.165) is 19.3 Å². The van der Waals surface area contributed by atoms with E-state index in [2.05, 4.69) is 18.8 Å². The molecule has 0 heterocycles. The van der Waals surface area contributed by atoms with Crippen LogP contribution in [-0.2, 0) is 0 Å². The lowest BCUT2D eigenvalue weighted by Gasteiger charge is -2.05. The highest BCUT2D eigenvalue weighted by molar-refractivity contribution is 5.87. The van der Waals surface area contributed by atoms with Gasteiger partial charge < -0.3 is 9.84 Å². The zero-order chi connectivity index (χ0) is 15.3. The van der Waals surface area contributed by atoms with Gasteiger partial charge in [-0.3, -0.25) is 0 Å². The summed E-state index contributed by atoms with van der Waals surface area (Å²) in [5, 5.41) is 8.88. The molecule has 1 N–H and O–H groups in total. The molecule has 0 fully saturated rings. The summed E-state index contributed by atoms with van der Waals surface area (Å²) in [5.41, 5.74) is 0.249. The van der Waals surface area contributed by atoms with Crippen LogP contribution >= 0.6 is 0 Å². The number of rotatable bonds is 9. The number of carboxylic acids is 1. The van der Waals surface area contributed by atoms with Gasteiger partial charge in [0.2, 0.25) is 0 Å². The first kappa shape index (κ1) is 17.1. The fourth-order valence-corrected chi connectivity index (χ4v) is 1.89. The lowest BCUT2D eigenvalue weighted by atomic mass is 10.1. The number of carbonyl (C=O) groups is 1. The first-order chi connectivity index (χ1) is 10.2. The normalized spacial score (nSPS) is 9.76. The summed E-state index contributed by atoms with van der Waals surface area (Å²) in [5.74, 6) is 6.00. The molecule has 0 unspecified atom stereocenters. The molecule has 0 aromatic heterocycles. The van der Waals surface area contributed by atoms with E-state index in [9.17, 15) is 4.79 Å². The van der Waals surface area contributed by atoms with Crippen LogP contribution < -0.4 is 4.74 Å². The summed E-state index contributed by atoms with van der Waals surface area (Å²) in [6, 6.07) is 6.56. The largest absolute Gasteiger partial charge is 0.494 e. The quantitative estimate of drug-likeness (QED) is 0.537. The van der Waals surface area contributed by atoms with Crippen LogP contribution in [0, 0.1) is 11.8 Å². The highest BCUT2D eigenvalue weighted by atomic mass is 16.5. The third-order valence-electron chi connectivity index (χ3n) is 3.08. The number of carboxylic acid groups (broad SMARTS) is 1. The zero-order valence-electron chi connectivity index (χ0n) is 12.7. The maximum Gasteiger partial charge on any atom is 0.335 e. The molecule has 0 atom stereocenters. The number of hydrogen-bond donors (Lipinski definition) is 1. The molecule has 114 valence electrons. The van der Waals surface area contributed by atoms with Crippen LogP contribution in [0.1, 0.15) is 62.2 Å². The first-order valence-corrected chi connectivity index (χ1v) is 7.66. The van der Waals surface area contributed by atoms with E-state index in [1.165, 1.54) is 25.7 Å². The molecule has 0 spiro atoms. The topological polar surface area (TPSA) is 46.5 Å². The Morgan fingerprint density at radius 2 is 1.90 bits per heavy atom. The summed E-state index contributed by atoms with van der Waals surface area (Å²) < 4.78 is 5.53. The van der Waals surface area contributed by atoms with Crippen molar-refractivity contribution >= 4 is 5.97 Å². The van der Waals surface area contributed by atoms with Gasteiger partial charge in [0, 0.05) is 12.8 Å². The van der Waals surface area contributed by atoms with Crippen LogP contribution in [0.5, 0.6) is 5.75 Å². The maximum absolute atomic E-state index is 10.8. The number of benzene rings is 1. The van der Waals surface area contributed by atoms with E-state index < -0.39 is 5.97 Å².